The minimum absolute atomic E-state index is 0.415. The molecule has 23 heavy (non-hydrogen) atoms. The molecule has 3 N–H and O–H groups in total. The summed E-state index contributed by atoms with van der Waals surface area (Å²) in [5.41, 5.74) is -0.482. The number of carbonyl (C=O) groups is 1. The summed E-state index contributed by atoms with van der Waals surface area (Å²) < 4.78 is 10.2. The molecule has 1 amide bonds. The lowest BCUT2D eigenvalue weighted by molar-refractivity contribution is 0.0529. The number of aliphatic imine (C=N–C) groups is 1. The largest absolute Gasteiger partial charge is 0.444 e. The fourth-order valence-electron chi connectivity index (χ4n) is 1.60. The number of guanidine groups is 1. The first kappa shape index (κ1) is 21.5. The van der Waals surface area contributed by atoms with E-state index in [4.69, 9.17) is 9.47 Å². The average molecular weight is 331 g/mol. The van der Waals surface area contributed by atoms with Gasteiger partial charge < -0.3 is 30.3 Å². The molecule has 0 aromatic carbocycles. The van der Waals surface area contributed by atoms with Crippen molar-refractivity contribution in [2.75, 3.05) is 60.5 Å². The van der Waals surface area contributed by atoms with Crippen LogP contribution < -0.4 is 16.0 Å². The Bertz CT molecular complexity index is 356. The van der Waals surface area contributed by atoms with Gasteiger partial charge >= 0.3 is 6.09 Å². The van der Waals surface area contributed by atoms with Gasteiger partial charge in [-0.3, -0.25) is 4.99 Å². The Morgan fingerprint density at radius 2 is 1.70 bits per heavy atom. The molecule has 0 unspecified atom stereocenters. The summed E-state index contributed by atoms with van der Waals surface area (Å²) in [6.07, 6.45) is -0.415. The minimum Gasteiger partial charge on any atom is -0.444 e. The van der Waals surface area contributed by atoms with Crippen molar-refractivity contribution in [3.05, 3.63) is 0 Å². The van der Waals surface area contributed by atoms with Gasteiger partial charge in [-0.1, -0.05) is 0 Å². The normalized spacial score (nSPS) is 12.2. The van der Waals surface area contributed by atoms with E-state index in [0.29, 0.717) is 19.0 Å². The van der Waals surface area contributed by atoms with Gasteiger partial charge in [0.1, 0.15) is 5.60 Å². The van der Waals surface area contributed by atoms with Crippen LogP contribution in [0.5, 0.6) is 0 Å². The monoisotopic (exact) mass is 331 g/mol. The van der Waals surface area contributed by atoms with Crippen molar-refractivity contribution >= 4 is 12.1 Å². The van der Waals surface area contributed by atoms with E-state index in [1.54, 1.807) is 14.2 Å². The van der Waals surface area contributed by atoms with Gasteiger partial charge in [-0.05, 0) is 27.8 Å². The van der Waals surface area contributed by atoms with E-state index < -0.39 is 11.7 Å². The Hall–Kier alpha value is -1.54. The van der Waals surface area contributed by atoms with Gasteiger partial charge in [0.2, 0.25) is 0 Å². The van der Waals surface area contributed by atoms with Crippen LogP contribution in [0.25, 0.3) is 0 Å². The lowest BCUT2D eigenvalue weighted by Gasteiger charge is -2.20. The Balaban J connectivity index is 3.77. The highest BCUT2D eigenvalue weighted by atomic mass is 16.6. The summed E-state index contributed by atoms with van der Waals surface area (Å²) in [5.74, 6) is 0.705. The molecule has 8 heteroatoms. The number of amides is 1. The van der Waals surface area contributed by atoms with Crippen molar-refractivity contribution in [1.82, 2.24) is 20.9 Å². The number of hydrogen-bond acceptors (Lipinski definition) is 5. The molecule has 0 aliphatic carbocycles. The summed E-state index contributed by atoms with van der Waals surface area (Å²) in [4.78, 5) is 17.8. The molecule has 0 aliphatic heterocycles. The number of nitrogens with zero attached hydrogens (tertiary/aromatic N) is 2. The minimum atomic E-state index is -0.482. The molecular formula is C15H33N5O3. The second kappa shape index (κ2) is 12.0. The number of alkyl carbamates (subject to hydrolysis) is 1. The van der Waals surface area contributed by atoms with Gasteiger partial charge in [0, 0.05) is 46.9 Å². The highest BCUT2D eigenvalue weighted by molar-refractivity contribution is 5.79. The molecule has 0 radical (unpaired) electrons. The first-order chi connectivity index (χ1) is 10.8. The van der Waals surface area contributed by atoms with Crippen LogP contribution in [0.1, 0.15) is 20.8 Å². The fourth-order valence-corrected chi connectivity index (χ4v) is 1.60. The van der Waals surface area contributed by atoms with Crippen molar-refractivity contribution < 1.29 is 14.3 Å². The molecule has 0 atom stereocenters. The van der Waals surface area contributed by atoms with E-state index in [-0.39, 0.29) is 0 Å². The van der Waals surface area contributed by atoms with E-state index in [1.165, 1.54) is 0 Å². The van der Waals surface area contributed by atoms with E-state index in [0.717, 1.165) is 26.2 Å². The second-order valence-corrected chi connectivity index (χ2v) is 6.15. The Morgan fingerprint density at radius 1 is 1.09 bits per heavy atom. The van der Waals surface area contributed by atoms with Crippen LogP contribution >= 0.6 is 0 Å². The van der Waals surface area contributed by atoms with Crippen LogP contribution in [-0.4, -0.2) is 83.1 Å². The molecule has 0 bridgehead atoms. The zero-order chi connectivity index (χ0) is 17.7. The molecule has 0 aromatic heterocycles. The number of methoxy groups -OCH3 is 1. The number of rotatable bonds is 9. The number of likely N-dealkylation sites (N-methyl/N-ethyl adjacent to an activating group) is 1. The number of carbonyl (C=O) groups excluding carboxylic acids is 1. The maximum Gasteiger partial charge on any atom is 0.407 e. The van der Waals surface area contributed by atoms with Crippen LogP contribution in [0.2, 0.25) is 0 Å². The topological polar surface area (TPSA) is 87.2 Å². The average Bonchev–Trinajstić information content (AvgIpc) is 2.45. The van der Waals surface area contributed by atoms with Gasteiger partial charge in [0.05, 0.1) is 6.61 Å². The number of hydrogen-bond donors (Lipinski definition) is 3. The lowest BCUT2D eigenvalue weighted by atomic mass is 10.2. The molecular weight excluding hydrogens is 298 g/mol. The maximum atomic E-state index is 11.5. The smallest absolute Gasteiger partial charge is 0.407 e. The summed E-state index contributed by atoms with van der Waals surface area (Å²) >= 11 is 0. The predicted octanol–water partition coefficient (Wildman–Crippen LogP) is 0.254. The Morgan fingerprint density at radius 3 is 2.26 bits per heavy atom. The standard InChI is InChI=1S/C15H33N5O3/c1-15(2,3)23-14(21)19-8-7-17-13(16-4)18-9-10-20(5)11-12-22-6/h7-12H2,1-6H3,(H,19,21)(H2,16,17,18). The van der Waals surface area contributed by atoms with Crippen LogP contribution in [0.4, 0.5) is 4.79 Å². The molecule has 0 saturated carbocycles. The third kappa shape index (κ3) is 13.8. The highest BCUT2D eigenvalue weighted by Crippen LogP contribution is 2.05. The van der Waals surface area contributed by atoms with Gasteiger partial charge in [0.25, 0.3) is 0 Å². The molecule has 0 heterocycles. The molecule has 0 saturated heterocycles. The van der Waals surface area contributed by atoms with Crippen molar-refractivity contribution in [3.63, 3.8) is 0 Å². The van der Waals surface area contributed by atoms with Gasteiger partial charge in [-0.15, -0.1) is 0 Å². The Labute approximate surface area is 140 Å². The van der Waals surface area contributed by atoms with E-state index in [2.05, 4.69) is 25.8 Å². The zero-order valence-corrected chi connectivity index (χ0v) is 15.4. The van der Waals surface area contributed by atoms with Gasteiger partial charge in [-0.25, -0.2) is 4.79 Å². The molecule has 0 rings (SSSR count). The quantitative estimate of drug-likeness (QED) is 0.319. The zero-order valence-electron chi connectivity index (χ0n) is 15.4. The SMILES string of the molecule is CN=C(NCCNC(=O)OC(C)(C)C)NCCN(C)CCOC. The van der Waals surface area contributed by atoms with Gasteiger partial charge in [0.15, 0.2) is 5.96 Å². The molecule has 136 valence electrons. The highest BCUT2D eigenvalue weighted by Gasteiger charge is 2.15. The molecule has 0 aromatic rings. The van der Waals surface area contributed by atoms with Crippen molar-refractivity contribution in [3.8, 4) is 0 Å². The van der Waals surface area contributed by atoms with E-state index in [9.17, 15) is 4.79 Å². The summed E-state index contributed by atoms with van der Waals surface area (Å²) in [7, 11) is 5.45. The molecule has 8 nitrogen and oxygen atoms in total. The van der Waals surface area contributed by atoms with Crippen LogP contribution in [0, 0.1) is 0 Å². The third-order valence-electron chi connectivity index (χ3n) is 2.77. The first-order valence-corrected chi connectivity index (χ1v) is 7.87. The maximum absolute atomic E-state index is 11.5. The fraction of sp³-hybridized carbons (Fsp3) is 0.867. The summed E-state index contributed by atoms with van der Waals surface area (Å²) in [5, 5.41) is 9.03. The van der Waals surface area contributed by atoms with E-state index in [1.807, 2.05) is 27.8 Å². The predicted molar refractivity (Wildman–Crippen MR) is 93.0 cm³/mol. The lowest BCUT2D eigenvalue weighted by Crippen LogP contribution is -2.44. The Kier molecular flexibility index (Phi) is 11.2. The van der Waals surface area contributed by atoms with Crippen molar-refractivity contribution in [2.24, 2.45) is 4.99 Å². The number of nitrogens with one attached hydrogen (secondary N) is 3. The van der Waals surface area contributed by atoms with Crippen molar-refractivity contribution in [1.29, 1.82) is 0 Å². The summed E-state index contributed by atoms with van der Waals surface area (Å²) in [6, 6.07) is 0. The van der Waals surface area contributed by atoms with Crippen LogP contribution in [-0.2, 0) is 9.47 Å². The van der Waals surface area contributed by atoms with E-state index >= 15 is 0 Å². The van der Waals surface area contributed by atoms with Crippen molar-refractivity contribution in [2.45, 2.75) is 26.4 Å². The molecule has 0 fully saturated rings. The third-order valence-corrected chi connectivity index (χ3v) is 2.77. The first-order valence-electron chi connectivity index (χ1n) is 7.87. The van der Waals surface area contributed by atoms with Gasteiger partial charge in [-0.2, -0.15) is 0 Å². The number of ether oxygens (including phenoxy) is 2. The van der Waals surface area contributed by atoms with Crippen LogP contribution in [0.15, 0.2) is 4.99 Å². The second-order valence-electron chi connectivity index (χ2n) is 6.15. The molecule has 0 spiro atoms. The molecule has 0 aliphatic rings. The van der Waals surface area contributed by atoms with Crippen LogP contribution in [0.3, 0.4) is 0 Å². The summed E-state index contributed by atoms with van der Waals surface area (Å²) in [6.45, 7) is 9.81.